The average molecular weight is 276 g/mol. The second kappa shape index (κ2) is 6.13. The number of nitrogens with two attached hydrogens (primary N) is 1. The van der Waals surface area contributed by atoms with Crippen LogP contribution in [0.4, 0.5) is 5.69 Å². The van der Waals surface area contributed by atoms with Gasteiger partial charge in [0.15, 0.2) is 5.84 Å². The molecule has 0 bridgehead atoms. The van der Waals surface area contributed by atoms with Gasteiger partial charge in [-0.15, -0.1) is 0 Å². The maximum atomic E-state index is 8.97. The van der Waals surface area contributed by atoms with Gasteiger partial charge in [-0.2, -0.15) is 0 Å². The van der Waals surface area contributed by atoms with E-state index in [2.05, 4.69) is 41.8 Å². The second-order valence-corrected chi connectivity index (χ2v) is 5.38. The highest BCUT2D eigenvalue weighted by Crippen LogP contribution is 2.27. The number of amidine groups is 1. The summed E-state index contributed by atoms with van der Waals surface area (Å²) >= 11 is 0. The molecule has 0 saturated carbocycles. The van der Waals surface area contributed by atoms with Gasteiger partial charge in [-0.3, -0.25) is 4.90 Å². The molecule has 5 heteroatoms. The Morgan fingerprint density at radius 3 is 2.80 bits per heavy atom. The molecule has 1 fully saturated rings. The summed E-state index contributed by atoms with van der Waals surface area (Å²) in [5.41, 5.74) is 8.88. The minimum atomic E-state index is 0.175. The lowest BCUT2D eigenvalue weighted by Crippen LogP contribution is -2.52. The van der Waals surface area contributed by atoms with Gasteiger partial charge in [-0.25, -0.2) is 0 Å². The van der Waals surface area contributed by atoms with Gasteiger partial charge >= 0.3 is 0 Å². The number of rotatable bonds is 3. The van der Waals surface area contributed by atoms with Crippen LogP contribution in [0.15, 0.2) is 23.4 Å². The molecule has 0 aromatic heterocycles. The van der Waals surface area contributed by atoms with E-state index < -0.39 is 0 Å². The Bertz CT molecular complexity index is 501. The van der Waals surface area contributed by atoms with E-state index in [0.717, 1.165) is 43.0 Å². The summed E-state index contributed by atoms with van der Waals surface area (Å²) in [6.07, 6.45) is 0. The fraction of sp³-hybridized carbons (Fsp3) is 0.533. The van der Waals surface area contributed by atoms with Gasteiger partial charge in [0, 0.05) is 31.2 Å². The molecular weight excluding hydrogens is 252 g/mol. The highest BCUT2D eigenvalue weighted by molar-refractivity contribution is 6.02. The molecule has 1 unspecified atom stereocenters. The fourth-order valence-corrected chi connectivity index (χ4v) is 3.01. The van der Waals surface area contributed by atoms with Crippen LogP contribution in [-0.2, 0) is 0 Å². The Hall–Kier alpha value is -1.75. The quantitative estimate of drug-likeness (QED) is 0.381. The first-order valence-electron chi connectivity index (χ1n) is 7.15. The molecule has 3 N–H and O–H groups in total. The Balaban J connectivity index is 2.34. The molecular formula is C15H24N4O. The van der Waals surface area contributed by atoms with Gasteiger partial charge in [0.2, 0.25) is 0 Å². The van der Waals surface area contributed by atoms with E-state index in [1.807, 2.05) is 12.1 Å². The lowest BCUT2D eigenvalue weighted by molar-refractivity contribution is 0.199. The number of aryl methyl sites for hydroxylation is 1. The number of para-hydroxylation sites is 1. The van der Waals surface area contributed by atoms with Crippen molar-refractivity contribution in [2.45, 2.75) is 26.8 Å². The molecule has 5 nitrogen and oxygen atoms in total. The van der Waals surface area contributed by atoms with Gasteiger partial charge in [0.05, 0.1) is 5.69 Å². The summed E-state index contributed by atoms with van der Waals surface area (Å²) in [5, 5.41) is 12.1. The zero-order valence-corrected chi connectivity index (χ0v) is 12.5. The van der Waals surface area contributed by atoms with Crippen molar-refractivity contribution in [1.82, 2.24) is 4.90 Å². The van der Waals surface area contributed by atoms with E-state index in [1.54, 1.807) is 0 Å². The first-order valence-corrected chi connectivity index (χ1v) is 7.15. The smallest absolute Gasteiger partial charge is 0.172 e. The van der Waals surface area contributed by atoms with Crippen LogP contribution in [0, 0.1) is 6.92 Å². The predicted octanol–water partition coefficient (Wildman–Crippen LogP) is 1.62. The zero-order chi connectivity index (χ0) is 14.7. The van der Waals surface area contributed by atoms with Gasteiger partial charge in [-0.1, -0.05) is 24.2 Å². The highest BCUT2D eigenvalue weighted by Gasteiger charge is 2.25. The van der Waals surface area contributed by atoms with Crippen molar-refractivity contribution >= 4 is 11.5 Å². The average Bonchev–Trinajstić information content (AvgIpc) is 2.46. The molecule has 1 aromatic rings. The standard InChI is InChI=1S/C15H24N4O/c1-4-18-8-9-19(10-12(18)3)14-11(2)6-5-7-13(14)15(16)17-20/h5-7,12,20H,4,8-10H2,1-3H3,(H2,16,17). The molecule has 2 rings (SSSR count). The van der Waals surface area contributed by atoms with Gasteiger partial charge < -0.3 is 15.8 Å². The lowest BCUT2D eigenvalue weighted by Gasteiger charge is -2.41. The van der Waals surface area contributed by atoms with Gasteiger partial charge in [-0.05, 0) is 32.0 Å². The largest absolute Gasteiger partial charge is 0.409 e. The van der Waals surface area contributed by atoms with Gasteiger partial charge in [0.25, 0.3) is 0 Å². The topological polar surface area (TPSA) is 65.1 Å². The molecule has 1 aliphatic rings. The molecule has 0 radical (unpaired) electrons. The van der Waals surface area contributed by atoms with Gasteiger partial charge in [0.1, 0.15) is 0 Å². The second-order valence-electron chi connectivity index (χ2n) is 5.38. The number of likely N-dealkylation sites (N-methyl/N-ethyl adjacent to an activating group) is 1. The molecule has 1 heterocycles. The van der Waals surface area contributed by atoms with Crippen molar-refractivity contribution < 1.29 is 5.21 Å². The Morgan fingerprint density at radius 2 is 2.20 bits per heavy atom. The zero-order valence-electron chi connectivity index (χ0n) is 12.5. The third-order valence-corrected chi connectivity index (χ3v) is 4.11. The van der Waals surface area contributed by atoms with E-state index in [-0.39, 0.29) is 5.84 Å². The number of nitrogens with zero attached hydrogens (tertiary/aromatic N) is 3. The molecule has 1 atom stereocenters. The summed E-state index contributed by atoms with van der Waals surface area (Å²) < 4.78 is 0. The summed E-state index contributed by atoms with van der Waals surface area (Å²) in [7, 11) is 0. The maximum Gasteiger partial charge on any atom is 0.172 e. The van der Waals surface area contributed by atoms with E-state index in [9.17, 15) is 0 Å². The van der Waals surface area contributed by atoms with E-state index >= 15 is 0 Å². The van der Waals surface area contributed by atoms with Crippen LogP contribution in [0.5, 0.6) is 0 Å². The Kier molecular flexibility index (Phi) is 4.49. The summed E-state index contributed by atoms with van der Waals surface area (Å²) in [4.78, 5) is 4.82. The fourth-order valence-electron chi connectivity index (χ4n) is 3.01. The molecule has 0 spiro atoms. The van der Waals surface area contributed by atoms with Crippen molar-refractivity contribution in [1.29, 1.82) is 0 Å². The minimum absolute atomic E-state index is 0.175. The van der Waals surface area contributed by atoms with Crippen LogP contribution in [-0.4, -0.2) is 48.2 Å². The first-order chi connectivity index (χ1) is 9.58. The van der Waals surface area contributed by atoms with Crippen molar-refractivity contribution in [3.05, 3.63) is 29.3 Å². The van der Waals surface area contributed by atoms with Crippen molar-refractivity contribution in [3.63, 3.8) is 0 Å². The Labute approximate surface area is 120 Å². The van der Waals surface area contributed by atoms with Crippen LogP contribution < -0.4 is 10.6 Å². The SMILES string of the molecule is CCN1CCN(c2c(C)cccc2/C(N)=N/O)CC1C. The normalized spacial score (nSPS) is 21.2. The number of hydrogen-bond acceptors (Lipinski definition) is 4. The number of anilines is 1. The lowest BCUT2D eigenvalue weighted by atomic mass is 10.0. The summed E-state index contributed by atoms with van der Waals surface area (Å²) in [6, 6.07) is 6.43. The Morgan fingerprint density at radius 1 is 1.45 bits per heavy atom. The minimum Gasteiger partial charge on any atom is -0.409 e. The first kappa shape index (κ1) is 14.7. The van der Waals surface area contributed by atoms with E-state index in [1.165, 1.54) is 0 Å². The van der Waals surface area contributed by atoms with E-state index in [4.69, 9.17) is 10.9 Å². The van der Waals surface area contributed by atoms with Crippen LogP contribution in [0.3, 0.4) is 0 Å². The molecule has 1 saturated heterocycles. The van der Waals surface area contributed by atoms with E-state index in [0.29, 0.717) is 6.04 Å². The monoisotopic (exact) mass is 276 g/mol. The molecule has 0 aliphatic carbocycles. The van der Waals surface area contributed by atoms with Crippen LogP contribution in [0.2, 0.25) is 0 Å². The van der Waals surface area contributed by atoms with Crippen molar-refractivity contribution in [2.75, 3.05) is 31.1 Å². The number of piperazine rings is 1. The molecule has 1 aromatic carbocycles. The maximum absolute atomic E-state index is 8.97. The molecule has 0 amide bonds. The summed E-state index contributed by atoms with van der Waals surface area (Å²) in [6.45, 7) is 10.6. The summed E-state index contributed by atoms with van der Waals surface area (Å²) in [5.74, 6) is 0.175. The third-order valence-electron chi connectivity index (χ3n) is 4.11. The third kappa shape index (κ3) is 2.72. The van der Waals surface area contributed by atoms with Crippen molar-refractivity contribution in [2.24, 2.45) is 10.9 Å². The number of hydrogen-bond donors (Lipinski definition) is 2. The molecule has 110 valence electrons. The molecule has 20 heavy (non-hydrogen) atoms. The van der Waals surface area contributed by atoms with Crippen molar-refractivity contribution in [3.8, 4) is 0 Å². The van der Waals surface area contributed by atoms with Crippen LogP contribution in [0.1, 0.15) is 25.0 Å². The van der Waals surface area contributed by atoms with Crippen LogP contribution in [0.25, 0.3) is 0 Å². The highest BCUT2D eigenvalue weighted by atomic mass is 16.4. The predicted molar refractivity (Wildman–Crippen MR) is 82.6 cm³/mol. The molecule has 1 aliphatic heterocycles. The van der Waals surface area contributed by atoms with Crippen LogP contribution >= 0.6 is 0 Å². The number of benzene rings is 1. The number of oxime groups is 1.